The summed E-state index contributed by atoms with van der Waals surface area (Å²) in [7, 11) is 0. The summed E-state index contributed by atoms with van der Waals surface area (Å²) in [5.74, 6) is -0.434. The summed E-state index contributed by atoms with van der Waals surface area (Å²) in [4.78, 5) is 29.1. The van der Waals surface area contributed by atoms with E-state index in [4.69, 9.17) is 5.73 Å². The molecule has 208 valence electrons. The molecule has 2 amide bonds. The number of aromatic nitrogens is 1. The van der Waals surface area contributed by atoms with Gasteiger partial charge >= 0.3 is 6.09 Å². The van der Waals surface area contributed by atoms with Crippen molar-refractivity contribution in [1.29, 1.82) is 0 Å². The van der Waals surface area contributed by atoms with Gasteiger partial charge in [0.15, 0.2) is 0 Å². The number of pyridine rings is 1. The highest BCUT2D eigenvalue weighted by molar-refractivity contribution is 5.95. The Bertz CT molecular complexity index is 1420. The molecule has 7 N–H and O–H groups in total. The molecule has 1 aromatic heterocycles. The van der Waals surface area contributed by atoms with Crippen LogP contribution in [0.3, 0.4) is 0 Å². The molecule has 9 heteroatoms. The number of fused-ring (bicyclic) bond motifs is 1. The number of nitrogens with zero attached hydrogens (tertiary/aromatic N) is 1. The Balaban J connectivity index is 1.48. The number of aliphatic hydroxyl groups excluding tert-OH is 2. The summed E-state index contributed by atoms with van der Waals surface area (Å²) in [5.41, 5.74) is 7.24. The molecule has 0 saturated heterocycles. The fourth-order valence-electron chi connectivity index (χ4n) is 4.75. The van der Waals surface area contributed by atoms with Crippen LogP contribution in [0.1, 0.15) is 34.5 Å². The number of carbonyl (C=O) groups excluding carboxylic acids is 1. The summed E-state index contributed by atoms with van der Waals surface area (Å²) >= 11 is 0. The maximum absolute atomic E-state index is 13.2. The zero-order valence-electron chi connectivity index (χ0n) is 22.0. The number of amides is 2. The minimum atomic E-state index is -1.68. The molecule has 0 aliphatic carbocycles. The number of rotatable bonds is 12. The third kappa shape index (κ3) is 7.63. The van der Waals surface area contributed by atoms with Crippen LogP contribution in [0.25, 0.3) is 10.9 Å². The van der Waals surface area contributed by atoms with Gasteiger partial charge in [-0.05, 0) is 42.5 Å². The number of hydrogen-bond donors (Lipinski definition) is 6. The standard InChI is InChI=1S/C31H34N4O5/c32-31(35-30(39)40,20-22-11-5-2-6-12-22)28(37)18-17-27(36)26(19-21-9-3-1-4-10-21)34-29(38)25-16-15-23-13-7-8-14-24(23)33-25/h1-16,26-28,35-37H,17-20,32H2,(H,34,38)(H,39,40). The molecule has 0 radical (unpaired) electrons. The smallest absolute Gasteiger partial charge is 0.406 e. The lowest BCUT2D eigenvalue weighted by atomic mass is 9.89. The number of hydrogen-bond acceptors (Lipinski definition) is 6. The van der Waals surface area contributed by atoms with Crippen LogP contribution >= 0.6 is 0 Å². The second-order valence-electron chi connectivity index (χ2n) is 9.95. The van der Waals surface area contributed by atoms with Gasteiger partial charge in [-0.1, -0.05) is 84.9 Å². The molecule has 9 nitrogen and oxygen atoms in total. The molecule has 0 bridgehead atoms. The molecular formula is C31H34N4O5. The molecule has 4 atom stereocenters. The van der Waals surface area contributed by atoms with Gasteiger partial charge in [0.2, 0.25) is 0 Å². The monoisotopic (exact) mass is 542 g/mol. The van der Waals surface area contributed by atoms with Crippen molar-refractivity contribution in [1.82, 2.24) is 15.6 Å². The van der Waals surface area contributed by atoms with Gasteiger partial charge in [-0.15, -0.1) is 0 Å². The first-order chi connectivity index (χ1) is 19.2. The van der Waals surface area contributed by atoms with Crippen molar-refractivity contribution in [2.24, 2.45) is 5.73 Å². The molecule has 4 rings (SSSR count). The molecule has 0 aliphatic rings. The first-order valence-corrected chi connectivity index (χ1v) is 13.1. The van der Waals surface area contributed by atoms with Gasteiger partial charge in [0.05, 0.1) is 23.8 Å². The number of nitrogens with one attached hydrogen (secondary N) is 2. The molecule has 4 aromatic rings. The maximum Gasteiger partial charge on any atom is 0.406 e. The third-order valence-corrected chi connectivity index (χ3v) is 6.92. The molecule has 0 saturated carbocycles. The van der Waals surface area contributed by atoms with Crippen LogP contribution in [-0.4, -0.2) is 56.2 Å². The molecule has 0 aliphatic heterocycles. The van der Waals surface area contributed by atoms with Gasteiger partial charge in [-0.2, -0.15) is 0 Å². The van der Waals surface area contributed by atoms with Crippen molar-refractivity contribution in [2.75, 3.05) is 0 Å². The summed E-state index contributed by atoms with van der Waals surface area (Å²) < 4.78 is 0. The van der Waals surface area contributed by atoms with Crippen LogP contribution in [0.2, 0.25) is 0 Å². The van der Waals surface area contributed by atoms with Crippen molar-refractivity contribution in [3.8, 4) is 0 Å². The van der Waals surface area contributed by atoms with Crippen molar-refractivity contribution in [3.05, 3.63) is 114 Å². The van der Waals surface area contributed by atoms with Gasteiger partial charge in [0.1, 0.15) is 11.4 Å². The van der Waals surface area contributed by atoms with Gasteiger partial charge in [-0.25, -0.2) is 9.78 Å². The zero-order valence-corrected chi connectivity index (χ0v) is 22.0. The van der Waals surface area contributed by atoms with Crippen molar-refractivity contribution >= 4 is 22.9 Å². The Morgan fingerprint density at radius 1 is 0.825 bits per heavy atom. The average Bonchev–Trinajstić information content (AvgIpc) is 2.95. The quantitative estimate of drug-likeness (QED) is 0.150. The van der Waals surface area contributed by atoms with E-state index in [1.54, 1.807) is 30.3 Å². The summed E-state index contributed by atoms with van der Waals surface area (Å²) in [6, 6.07) is 28.7. The minimum Gasteiger partial charge on any atom is -0.465 e. The number of benzene rings is 3. The average molecular weight is 543 g/mol. The second-order valence-corrected chi connectivity index (χ2v) is 9.95. The minimum absolute atomic E-state index is 0.0137. The number of para-hydroxylation sites is 1. The molecular weight excluding hydrogens is 508 g/mol. The zero-order chi connectivity index (χ0) is 28.5. The predicted octanol–water partition coefficient (Wildman–Crippen LogP) is 3.24. The number of aliphatic hydroxyl groups is 2. The van der Waals surface area contributed by atoms with Crippen LogP contribution in [0.5, 0.6) is 0 Å². The Labute approximate surface area is 232 Å². The van der Waals surface area contributed by atoms with E-state index in [1.165, 1.54) is 0 Å². The van der Waals surface area contributed by atoms with E-state index in [2.05, 4.69) is 15.6 Å². The molecule has 0 spiro atoms. The number of carboxylic acid groups (broad SMARTS) is 1. The van der Waals surface area contributed by atoms with Crippen LogP contribution in [0.15, 0.2) is 97.1 Å². The number of nitrogens with two attached hydrogens (primary N) is 1. The highest BCUT2D eigenvalue weighted by Crippen LogP contribution is 2.20. The molecule has 4 unspecified atom stereocenters. The van der Waals surface area contributed by atoms with Crippen LogP contribution in [0.4, 0.5) is 4.79 Å². The Morgan fingerprint density at radius 2 is 1.45 bits per heavy atom. The van der Waals surface area contributed by atoms with E-state index >= 15 is 0 Å². The maximum atomic E-state index is 13.2. The second kappa shape index (κ2) is 13.2. The van der Waals surface area contributed by atoms with E-state index in [9.17, 15) is 24.9 Å². The largest absolute Gasteiger partial charge is 0.465 e. The Morgan fingerprint density at radius 3 is 2.12 bits per heavy atom. The molecule has 1 heterocycles. The van der Waals surface area contributed by atoms with Crippen molar-refractivity contribution in [2.45, 2.75) is 49.6 Å². The van der Waals surface area contributed by atoms with E-state index in [0.717, 1.165) is 16.5 Å². The van der Waals surface area contributed by atoms with Gasteiger partial charge < -0.3 is 31.7 Å². The summed E-state index contributed by atoms with van der Waals surface area (Å²) in [5, 5.41) is 37.6. The fourth-order valence-corrected chi connectivity index (χ4v) is 4.75. The Hall–Kier alpha value is -4.31. The van der Waals surface area contributed by atoms with E-state index in [0.29, 0.717) is 11.9 Å². The first kappa shape index (κ1) is 28.7. The van der Waals surface area contributed by atoms with Crippen LogP contribution in [-0.2, 0) is 12.8 Å². The molecule has 0 fully saturated rings. The van der Waals surface area contributed by atoms with E-state index < -0.39 is 35.9 Å². The highest BCUT2D eigenvalue weighted by atomic mass is 16.4. The predicted molar refractivity (Wildman–Crippen MR) is 153 cm³/mol. The lowest BCUT2D eigenvalue weighted by Crippen LogP contribution is -2.64. The van der Waals surface area contributed by atoms with Gasteiger partial charge in [-0.3, -0.25) is 4.79 Å². The SMILES string of the molecule is NC(Cc1ccccc1)(NC(=O)O)C(O)CCC(O)C(Cc1ccccc1)NC(=O)c1ccc2ccccc2n1. The topological polar surface area (TPSA) is 158 Å². The molecule has 3 aromatic carbocycles. The van der Waals surface area contributed by atoms with Gasteiger partial charge in [0, 0.05) is 11.8 Å². The molecule has 40 heavy (non-hydrogen) atoms. The van der Waals surface area contributed by atoms with E-state index in [-0.39, 0.29) is 25.0 Å². The normalized spacial score (nSPS) is 15.0. The summed E-state index contributed by atoms with van der Waals surface area (Å²) in [6.07, 6.45) is -3.31. The van der Waals surface area contributed by atoms with Crippen LogP contribution < -0.4 is 16.4 Å². The third-order valence-electron chi connectivity index (χ3n) is 6.92. The first-order valence-electron chi connectivity index (χ1n) is 13.1. The van der Waals surface area contributed by atoms with Crippen LogP contribution in [0, 0.1) is 0 Å². The number of carbonyl (C=O) groups is 2. The van der Waals surface area contributed by atoms with Crippen molar-refractivity contribution < 1.29 is 24.9 Å². The van der Waals surface area contributed by atoms with E-state index in [1.807, 2.05) is 66.7 Å². The lowest BCUT2D eigenvalue weighted by Gasteiger charge is -2.35. The van der Waals surface area contributed by atoms with Gasteiger partial charge in [0.25, 0.3) is 5.91 Å². The summed E-state index contributed by atoms with van der Waals surface area (Å²) in [6.45, 7) is 0. The van der Waals surface area contributed by atoms with Crippen molar-refractivity contribution in [3.63, 3.8) is 0 Å². The lowest BCUT2D eigenvalue weighted by molar-refractivity contribution is 0.0330. The Kier molecular flexibility index (Phi) is 9.44. The fraction of sp³-hybridized carbons (Fsp3) is 0.258. The highest BCUT2D eigenvalue weighted by Gasteiger charge is 2.36.